The minimum Gasteiger partial charge on any atom is -0.377 e. The molecule has 0 aliphatic carbocycles. The molecule has 9 nitrogen and oxygen atoms in total. The molecule has 0 unspecified atom stereocenters. The number of rotatable bonds is 3. The third-order valence-electron chi connectivity index (χ3n) is 3.58. The molecule has 0 saturated carbocycles. The van der Waals surface area contributed by atoms with Gasteiger partial charge in [0.25, 0.3) is 0 Å². The molecule has 1 N–H and O–H groups in total. The normalized spacial score (nSPS) is 18.5. The van der Waals surface area contributed by atoms with Gasteiger partial charge >= 0.3 is 5.69 Å². The number of nitrogens with zero attached hydrogens (tertiary/aromatic N) is 5. The average molecular weight is 304 g/mol. The van der Waals surface area contributed by atoms with E-state index in [1.54, 1.807) is 13.1 Å². The van der Waals surface area contributed by atoms with Crippen LogP contribution < -0.4 is 4.90 Å². The Morgan fingerprint density at radius 3 is 2.95 bits per heavy atom. The number of H-pyrrole nitrogens is 1. The summed E-state index contributed by atoms with van der Waals surface area (Å²) in [5.74, 6) is 0.824. The lowest BCUT2D eigenvalue weighted by Crippen LogP contribution is -2.44. The Labute approximate surface area is 126 Å². The van der Waals surface area contributed by atoms with E-state index in [9.17, 15) is 10.1 Å². The maximum atomic E-state index is 11.3. The zero-order valence-electron chi connectivity index (χ0n) is 12.3. The van der Waals surface area contributed by atoms with Crippen LogP contribution in [0.3, 0.4) is 0 Å². The number of hydrogen-bond donors (Lipinski definition) is 1. The van der Waals surface area contributed by atoms with Gasteiger partial charge < -0.3 is 14.6 Å². The lowest BCUT2D eigenvalue weighted by Gasteiger charge is -2.33. The maximum absolute atomic E-state index is 11.3. The molecule has 0 spiro atoms. The van der Waals surface area contributed by atoms with Gasteiger partial charge in [0.15, 0.2) is 11.5 Å². The standard InChI is InChI=1S/C13H16N6O3/c1-8-7-22-6-5-18(8)13-16-9(2)11(19(20)21)10(17-13)12-14-3-4-15-12/h3-4,8H,5-7H2,1-2H3,(H,14,15)/t8-/m0/s1. The van der Waals surface area contributed by atoms with Gasteiger partial charge in [0, 0.05) is 18.9 Å². The van der Waals surface area contributed by atoms with Crippen molar-refractivity contribution in [3.05, 3.63) is 28.2 Å². The van der Waals surface area contributed by atoms with Gasteiger partial charge in [-0.2, -0.15) is 0 Å². The third kappa shape index (κ3) is 2.50. The number of ether oxygens (including phenoxy) is 1. The van der Waals surface area contributed by atoms with E-state index >= 15 is 0 Å². The predicted molar refractivity (Wildman–Crippen MR) is 78.6 cm³/mol. The van der Waals surface area contributed by atoms with Gasteiger partial charge in [-0.1, -0.05) is 0 Å². The second-order valence-electron chi connectivity index (χ2n) is 5.12. The summed E-state index contributed by atoms with van der Waals surface area (Å²) in [5.41, 5.74) is 0.399. The van der Waals surface area contributed by atoms with Crippen LogP contribution in [-0.2, 0) is 4.74 Å². The predicted octanol–water partition coefficient (Wildman–Crippen LogP) is 1.31. The molecule has 3 heterocycles. The minimum atomic E-state index is -0.473. The lowest BCUT2D eigenvalue weighted by molar-refractivity contribution is -0.385. The van der Waals surface area contributed by atoms with Gasteiger partial charge in [0.1, 0.15) is 5.69 Å². The first-order valence-corrected chi connectivity index (χ1v) is 6.95. The second kappa shape index (κ2) is 5.68. The van der Waals surface area contributed by atoms with Crippen LogP contribution in [0.25, 0.3) is 11.5 Å². The molecule has 2 aromatic rings. The molecule has 0 radical (unpaired) electrons. The Kier molecular flexibility index (Phi) is 3.72. The summed E-state index contributed by atoms with van der Waals surface area (Å²) in [5, 5.41) is 11.3. The van der Waals surface area contributed by atoms with E-state index in [1.807, 2.05) is 11.8 Å². The Bertz CT molecular complexity index is 687. The topological polar surface area (TPSA) is 110 Å². The number of aromatic nitrogens is 4. The highest BCUT2D eigenvalue weighted by molar-refractivity contribution is 5.66. The zero-order chi connectivity index (χ0) is 15.7. The summed E-state index contributed by atoms with van der Waals surface area (Å²) in [7, 11) is 0. The van der Waals surface area contributed by atoms with E-state index in [4.69, 9.17) is 4.74 Å². The summed E-state index contributed by atoms with van der Waals surface area (Å²) in [6.45, 7) is 5.43. The Morgan fingerprint density at radius 2 is 2.32 bits per heavy atom. The first kappa shape index (κ1) is 14.4. The molecule has 0 aromatic carbocycles. The number of aromatic amines is 1. The number of nitro groups is 1. The van der Waals surface area contributed by atoms with Crippen LogP contribution in [0.4, 0.5) is 11.6 Å². The number of aryl methyl sites for hydroxylation is 1. The van der Waals surface area contributed by atoms with Crippen LogP contribution in [0.1, 0.15) is 12.6 Å². The summed E-state index contributed by atoms with van der Waals surface area (Å²) in [4.78, 5) is 28.5. The zero-order valence-corrected chi connectivity index (χ0v) is 12.3. The van der Waals surface area contributed by atoms with Crippen molar-refractivity contribution < 1.29 is 9.66 Å². The van der Waals surface area contributed by atoms with Crippen molar-refractivity contribution in [1.29, 1.82) is 0 Å². The monoisotopic (exact) mass is 304 g/mol. The molecule has 1 aliphatic heterocycles. The van der Waals surface area contributed by atoms with Crippen molar-refractivity contribution in [2.75, 3.05) is 24.7 Å². The summed E-state index contributed by atoms with van der Waals surface area (Å²) in [6.07, 6.45) is 3.14. The maximum Gasteiger partial charge on any atom is 0.319 e. The fourth-order valence-electron chi connectivity index (χ4n) is 2.48. The highest BCUT2D eigenvalue weighted by atomic mass is 16.6. The molecular weight excluding hydrogens is 288 g/mol. The molecular formula is C13H16N6O3. The Balaban J connectivity index is 2.12. The fraction of sp³-hybridized carbons (Fsp3) is 0.462. The van der Waals surface area contributed by atoms with Gasteiger partial charge in [-0.25, -0.2) is 15.0 Å². The second-order valence-corrected chi connectivity index (χ2v) is 5.12. The Morgan fingerprint density at radius 1 is 1.50 bits per heavy atom. The molecule has 9 heteroatoms. The number of hydrogen-bond acceptors (Lipinski definition) is 7. The van der Waals surface area contributed by atoms with Crippen LogP contribution in [-0.4, -0.2) is 50.7 Å². The molecule has 3 rings (SSSR count). The molecule has 1 fully saturated rings. The van der Waals surface area contributed by atoms with Crippen LogP contribution in [0.5, 0.6) is 0 Å². The molecule has 1 saturated heterocycles. The van der Waals surface area contributed by atoms with Crippen LogP contribution in [0.15, 0.2) is 12.4 Å². The van der Waals surface area contributed by atoms with E-state index in [0.717, 1.165) is 0 Å². The lowest BCUT2D eigenvalue weighted by atomic mass is 10.2. The molecule has 1 atom stereocenters. The quantitative estimate of drug-likeness (QED) is 0.672. The largest absolute Gasteiger partial charge is 0.377 e. The summed E-state index contributed by atoms with van der Waals surface area (Å²) >= 11 is 0. The molecule has 0 bridgehead atoms. The molecule has 0 amide bonds. The van der Waals surface area contributed by atoms with E-state index in [0.29, 0.717) is 37.2 Å². The van der Waals surface area contributed by atoms with Crippen molar-refractivity contribution in [1.82, 2.24) is 19.9 Å². The Hall–Kier alpha value is -2.55. The molecule has 22 heavy (non-hydrogen) atoms. The van der Waals surface area contributed by atoms with Crippen LogP contribution in [0.2, 0.25) is 0 Å². The molecule has 1 aliphatic rings. The fourth-order valence-corrected chi connectivity index (χ4v) is 2.48. The van der Waals surface area contributed by atoms with E-state index < -0.39 is 4.92 Å². The van der Waals surface area contributed by atoms with E-state index in [1.165, 1.54) is 6.20 Å². The first-order valence-electron chi connectivity index (χ1n) is 6.95. The van der Waals surface area contributed by atoms with Crippen molar-refractivity contribution in [3.8, 4) is 11.5 Å². The van der Waals surface area contributed by atoms with Crippen molar-refractivity contribution >= 4 is 11.6 Å². The number of nitrogens with one attached hydrogen (secondary N) is 1. The number of morpholine rings is 1. The first-order chi connectivity index (χ1) is 10.6. The van der Waals surface area contributed by atoms with E-state index in [2.05, 4.69) is 19.9 Å². The minimum absolute atomic E-state index is 0.110. The SMILES string of the molecule is Cc1nc(N2CCOC[C@@H]2C)nc(-c2ncc[nH]2)c1[N+](=O)[O-]. The van der Waals surface area contributed by atoms with Crippen LogP contribution >= 0.6 is 0 Å². The van der Waals surface area contributed by atoms with Crippen molar-refractivity contribution in [2.24, 2.45) is 0 Å². The average Bonchev–Trinajstić information content (AvgIpc) is 3.00. The van der Waals surface area contributed by atoms with Crippen molar-refractivity contribution in [3.63, 3.8) is 0 Å². The van der Waals surface area contributed by atoms with Gasteiger partial charge in [-0.05, 0) is 13.8 Å². The van der Waals surface area contributed by atoms with Gasteiger partial charge in [0.2, 0.25) is 5.95 Å². The summed E-state index contributed by atoms with van der Waals surface area (Å²) in [6, 6.07) is 0.110. The molecule has 116 valence electrons. The van der Waals surface area contributed by atoms with Gasteiger partial charge in [0.05, 0.1) is 24.2 Å². The van der Waals surface area contributed by atoms with E-state index in [-0.39, 0.29) is 17.4 Å². The number of imidazole rings is 1. The summed E-state index contributed by atoms with van der Waals surface area (Å²) < 4.78 is 5.40. The third-order valence-corrected chi connectivity index (χ3v) is 3.58. The highest BCUT2D eigenvalue weighted by Gasteiger charge is 2.28. The van der Waals surface area contributed by atoms with Crippen LogP contribution in [0, 0.1) is 17.0 Å². The number of anilines is 1. The van der Waals surface area contributed by atoms with Crippen molar-refractivity contribution in [2.45, 2.75) is 19.9 Å². The van der Waals surface area contributed by atoms with Gasteiger partial charge in [-0.15, -0.1) is 0 Å². The molecule has 2 aromatic heterocycles. The van der Waals surface area contributed by atoms with Gasteiger partial charge in [-0.3, -0.25) is 10.1 Å². The smallest absolute Gasteiger partial charge is 0.319 e. The highest BCUT2D eigenvalue weighted by Crippen LogP contribution is 2.30.